The summed E-state index contributed by atoms with van der Waals surface area (Å²) in [7, 11) is 3.15. The van der Waals surface area contributed by atoms with Crippen molar-refractivity contribution >= 4 is 0 Å². The lowest BCUT2D eigenvalue weighted by molar-refractivity contribution is 0.0786. The molecule has 0 radical (unpaired) electrons. The smallest absolute Gasteiger partial charge is 0.165 e. The minimum atomic E-state index is -0.330. The molecule has 0 spiro atoms. The van der Waals surface area contributed by atoms with E-state index in [4.69, 9.17) is 9.47 Å². The van der Waals surface area contributed by atoms with Gasteiger partial charge in [0.15, 0.2) is 11.6 Å². The zero-order chi connectivity index (χ0) is 10.2. The van der Waals surface area contributed by atoms with Gasteiger partial charge < -0.3 is 9.47 Å². The molecule has 2 nitrogen and oxygen atoms in total. The monoisotopic (exact) mass is 196 g/mol. The van der Waals surface area contributed by atoms with E-state index in [1.165, 1.54) is 13.2 Å². The largest absolute Gasteiger partial charge is 0.494 e. The molecule has 0 heterocycles. The molecule has 0 atom stereocenters. The quantitative estimate of drug-likeness (QED) is 0.739. The molecule has 0 amide bonds. The van der Waals surface area contributed by atoms with Crippen LogP contribution in [0.3, 0.4) is 0 Å². The molecule has 0 saturated heterocycles. The molecule has 0 aromatic heterocycles. The molecule has 0 bridgehead atoms. The summed E-state index contributed by atoms with van der Waals surface area (Å²) in [5.41, 5.74) is 0.819. The Hall–Kier alpha value is -1.09. The van der Waals surface area contributed by atoms with Crippen molar-refractivity contribution in [2.75, 3.05) is 14.2 Å². The molecule has 2 rings (SSSR count). The maximum atomic E-state index is 13.1. The van der Waals surface area contributed by atoms with Gasteiger partial charge in [0.25, 0.3) is 0 Å². The highest BCUT2D eigenvalue weighted by Gasteiger charge is 2.45. The van der Waals surface area contributed by atoms with Gasteiger partial charge >= 0.3 is 0 Å². The second-order valence-corrected chi connectivity index (χ2v) is 3.55. The Morgan fingerprint density at radius 3 is 2.50 bits per heavy atom. The molecule has 1 aromatic rings. The summed E-state index contributed by atoms with van der Waals surface area (Å²) in [4.78, 5) is 0. The van der Waals surface area contributed by atoms with Crippen LogP contribution in [0.1, 0.15) is 18.4 Å². The van der Waals surface area contributed by atoms with Crippen LogP contribution < -0.4 is 4.74 Å². The van der Waals surface area contributed by atoms with Crippen molar-refractivity contribution in [2.45, 2.75) is 18.4 Å². The van der Waals surface area contributed by atoms with Gasteiger partial charge in [-0.25, -0.2) is 4.39 Å². The van der Waals surface area contributed by atoms with Gasteiger partial charge in [-0.15, -0.1) is 0 Å². The van der Waals surface area contributed by atoms with Crippen LogP contribution in [0.4, 0.5) is 4.39 Å². The van der Waals surface area contributed by atoms with Crippen molar-refractivity contribution in [3.8, 4) is 5.75 Å². The Balaban J connectivity index is 2.36. The third-order valence-corrected chi connectivity index (χ3v) is 2.77. The van der Waals surface area contributed by atoms with Gasteiger partial charge in [0.05, 0.1) is 12.7 Å². The lowest BCUT2D eigenvalue weighted by Crippen LogP contribution is -2.09. The SMILES string of the molecule is COc1cc(C2(OC)CC2)ccc1F. The van der Waals surface area contributed by atoms with Crippen molar-refractivity contribution in [1.29, 1.82) is 0 Å². The van der Waals surface area contributed by atoms with E-state index in [0.29, 0.717) is 0 Å². The van der Waals surface area contributed by atoms with E-state index in [-0.39, 0.29) is 17.2 Å². The molecular weight excluding hydrogens is 183 g/mol. The first-order chi connectivity index (χ1) is 6.72. The first-order valence-corrected chi connectivity index (χ1v) is 4.61. The van der Waals surface area contributed by atoms with E-state index in [9.17, 15) is 4.39 Å². The van der Waals surface area contributed by atoms with E-state index in [2.05, 4.69) is 0 Å². The zero-order valence-electron chi connectivity index (χ0n) is 8.34. The topological polar surface area (TPSA) is 18.5 Å². The van der Waals surface area contributed by atoms with Crippen molar-refractivity contribution in [3.05, 3.63) is 29.6 Å². The lowest BCUT2D eigenvalue weighted by Gasteiger charge is -2.14. The van der Waals surface area contributed by atoms with Crippen LogP contribution in [0.2, 0.25) is 0 Å². The highest BCUT2D eigenvalue weighted by Crippen LogP contribution is 2.49. The molecule has 1 aliphatic carbocycles. The predicted octanol–water partition coefficient (Wildman–Crippen LogP) is 2.47. The van der Waals surface area contributed by atoms with Gasteiger partial charge in [0, 0.05) is 7.11 Å². The lowest BCUT2D eigenvalue weighted by atomic mass is 10.1. The summed E-state index contributed by atoms with van der Waals surface area (Å²) >= 11 is 0. The number of hydrogen-bond donors (Lipinski definition) is 0. The van der Waals surface area contributed by atoms with Crippen LogP contribution in [-0.4, -0.2) is 14.2 Å². The molecule has 0 unspecified atom stereocenters. The Morgan fingerprint density at radius 2 is 2.00 bits per heavy atom. The Labute approximate surface area is 82.6 Å². The average molecular weight is 196 g/mol. The van der Waals surface area contributed by atoms with Crippen molar-refractivity contribution < 1.29 is 13.9 Å². The Bertz CT molecular complexity index is 345. The molecule has 3 heteroatoms. The first kappa shape index (κ1) is 9.46. The highest BCUT2D eigenvalue weighted by atomic mass is 19.1. The van der Waals surface area contributed by atoms with E-state index < -0.39 is 0 Å². The standard InChI is InChI=1S/C11H13FO2/c1-13-10-7-8(3-4-9(10)12)11(14-2)5-6-11/h3-4,7H,5-6H2,1-2H3. The zero-order valence-corrected chi connectivity index (χ0v) is 8.34. The number of methoxy groups -OCH3 is 2. The molecule has 0 N–H and O–H groups in total. The molecule has 14 heavy (non-hydrogen) atoms. The van der Waals surface area contributed by atoms with Gasteiger partial charge in [-0.2, -0.15) is 0 Å². The van der Waals surface area contributed by atoms with Gasteiger partial charge in [0.2, 0.25) is 0 Å². The third-order valence-electron chi connectivity index (χ3n) is 2.77. The minimum Gasteiger partial charge on any atom is -0.494 e. The molecule has 1 fully saturated rings. The molecule has 0 aliphatic heterocycles. The number of rotatable bonds is 3. The van der Waals surface area contributed by atoms with Crippen molar-refractivity contribution in [1.82, 2.24) is 0 Å². The molecule has 1 saturated carbocycles. The van der Waals surface area contributed by atoms with E-state index >= 15 is 0 Å². The van der Waals surface area contributed by atoms with Crippen LogP contribution in [0, 0.1) is 5.82 Å². The number of ether oxygens (including phenoxy) is 2. The van der Waals surface area contributed by atoms with Gasteiger partial charge in [0.1, 0.15) is 0 Å². The fraction of sp³-hybridized carbons (Fsp3) is 0.455. The van der Waals surface area contributed by atoms with Crippen LogP contribution in [0.25, 0.3) is 0 Å². The van der Waals surface area contributed by atoms with Crippen LogP contribution in [-0.2, 0) is 10.3 Å². The first-order valence-electron chi connectivity index (χ1n) is 4.61. The molecular formula is C11H13FO2. The summed E-state index contributed by atoms with van der Waals surface area (Å²) in [6.07, 6.45) is 2.00. The number of halogens is 1. The summed E-state index contributed by atoms with van der Waals surface area (Å²) in [5.74, 6) is -0.0472. The van der Waals surface area contributed by atoms with Crippen LogP contribution >= 0.6 is 0 Å². The van der Waals surface area contributed by atoms with E-state index in [1.807, 2.05) is 0 Å². The van der Waals surface area contributed by atoms with Gasteiger partial charge in [-0.1, -0.05) is 6.07 Å². The molecule has 1 aromatic carbocycles. The summed E-state index contributed by atoms with van der Waals surface area (Å²) in [6, 6.07) is 4.90. The summed E-state index contributed by atoms with van der Waals surface area (Å²) < 4.78 is 23.4. The third kappa shape index (κ3) is 1.38. The maximum absolute atomic E-state index is 13.1. The fourth-order valence-electron chi connectivity index (χ4n) is 1.67. The summed E-state index contributed by atoms with van der Waals surface area (Å²) in [6.45, 7) is 0. The number of hydrogen-bond acceptors (Lipinski definition) is 2. The second kappa shape index (κ2) is 3.24. The molecule has 76 valence electrons. The van der Waals surface area contributed by atoms with Gasteiger partial charge in [-0.05, 0) is 30.5 Å². The normalized spacial score (nSPS) is 17.9. The Morgan fingerprint density at radius 1 is 1.29 bits per heavy atom. The highest BCUT2D eigenvalue weighted by molar-refractivity contribution is 5.36. The number of benzene rings is 1. The predicted molar refractivity (Wildman–Crippen MR) is 50.9 cm³/mol. The van der Waals surface area contributed by atoms with Gasteiger partial charge in [-0.3, -0.25) is 0 Å². The van der Waals surface area contributed by atoms with Crippen molar-refractivity contribution in [2.24, 2.45) is 0 Å². The summed E-state index contributed by atoms with van der Waals surface area (Å²) in [5, 5.41) is 0. The minimum absolute atomic E-state index is 0.180. The second-order valence-electron chi connectivity index (χ2n) is 3.55. The molecule has 1 aliphatic rings. The fourth-order valence-corrected chi connectivity index (χ4v) is 1.67. The Kier molecular flexibility index (Phi) is 2.19. The van der Waals surface area contributed by atoms with E-state index in [0.717, 1.165) is 18.4 Å². The van der Waals surface area contributed by atoms with Crippen molar-refractivity contribution in [3.63, 3.8) is 0 Å². The average Bonchev–Trinajstić information content (AvgIpc) is 2.99. The van der Waals surface area contributed by atoms with Crippen LogP contribution in [0.5, 0.6) is 5.75 Å². The maximum Gasteiger partial charge on any atom is 0.165 e. The van der Waals surface area contributed by atoms with Crippen LogP contribution in [0.15, 0.2) is 18.2 Å². The van der Waals surface area contributed by atoms with E-state index in [1.54, 1.807) is 19.2 Å².